The van der Waals surface area contributed by atoms with Crippen LogP contribution in [-0.4, -0.2) is 29.7 Å². The minimum absolute atomic E-state index is 0.656. The molecule has 7 nitrogen and oxygen atoms in total. The number of anilines is 2. The number of hydrogen-bond donors (Lipinski definition) is 2. The van der Waals surface area contributed by atoms with Gasteiger partial charge in [0.15, 0.2) is 0 Å². The third-order valence-corrected chi connectivity index (χ3v) is 3.32. The Morgan fingerprint density at radius 3 is 2.82 bits per heavy atom. The quantitative estimate of drug-likeness (QED) is 0.606. The molecular weight excluding hydrogens is 278 g/mol. The molecule has 4 aromatic rings. The van der Waals surface area contributed by atoms with E-state index in [0.717, 1.165) is 22.2 Å². The van der Waals surface area contributed by atoms with Crippen LogP contribution in [-0.2, 0) is 7.05 Å². The summed E-state index contributed by atoms with van der Waals surface area (Å²) in [5.74, 6) is 1.37. The van der Waals surface area contributed by atoms with E-state index >= 15 is 0 Å². The van der Waals surface area contributed by atoms with Gasteiger partial charge in [-0.2, -0.15) is 5.10 Å². The summed E-state index contributed by atoms with van der Waals surface area (Å²) in [5, 5.41) is 7.30. The van der Waals surface area contributed by atoms with Gasteiger partial charge in [-0.25, -0.2) is 9.97 Å². The Balaban J connectivity index is 1.74. The van der Waals surface area contributed by atoms with Gasteiger partial charge in [0.05, 0.1) is 17.2 Å². The van der Waals surface area contributed by atoms with Gasteiger partial charge >= 0.3 is 0 Å². The molecule has 108 valence electrons. The number of fused-ring (bicyclic) bond motifs is 1. The number of H-pyrrole nitrogens is 1. The molecule has 0 unspecified atom stereocenters. The number of aromatic amines is 1. The van der Waals surface area contributed by atoms with Crippen molar-refractivity contribution in [2.24, 2.45) is 7.05 Å². The van der Waals surface area contributed by atoms with Gasteiger partial charge < -0.3 is 10.3 Å². The van der Waals surface area contributed by atoms with E-state index in [2.05, 4.69) is 30.4 Å². The lowest BCUT2D eigenvalue weighted by molar-refractivity contribution is 0.768. The number of aromatic nitrogens is 6. The fraction of sp³-hybridized carbons (Fsp3) is 0.0667. The summed E-state index contributed by atoms with van der Waals surface area (Å²) in [7, 11) is 1.89. The van der Waals surface area contributed by atoms with E-state index in [1.807, 2.05) is 43.8 Å². The van der Waals surface area contributed by atoms with Crippen LogP contribution in [0.15, 0.2) is 49.2 Å². The summed E-state index contributed by atoms with van der Waals surface area (Å²) in [6.07, 6.45) is 9.04. The van der Waals surface area contributed by atoms with Gasteiger partial charge in [0, 0.05) is 43.0 Å². The van der Waals surface area contributed by atoms with Crippen molar-refractivity contribution in [3.05, 3.63) is 49.2 Å². The van der Waals surface area contributed by atoms with E-state index in [-0.39, 0.29) is 0 Å². The van der Waals surface area contributed by atoms with E-state index in [9.17, 15) is 0 Å². The van der Waals surface area contributed by atoms with Crippen molar-refractivity contribution < 1.29 is 0 Å². The Morgan fingerprint density at radius 2 is 2.05 bits per heavy atom. The van der Waals surface area contributed by atoms with Gasteiger partial charge in [0.25, 0.3) is 0 Å². The van der Waals surface area contributed by atoms with E-state index in [4.69, 9.17) is 0 Å². The SMILES string of the molecule is Cn1cc(-c2cnc3ccc(Nc4ncc[nH]4)nc3c2)cn1. The highest BCUT2D eigenvalue weighted by molar-refractivity contribution is 5.81. The monoisotopic (exact) mass is 291 g/mol. The Labute approximate surface area is 126 Å². The van der Waals surface area contributed by atoms with E-state index in [1.165, 1.54) is 0 Å². The van der Waals surface area contributed by atoms with Gasteiger partial charge in [-0.3, -0.25) is 9.67 Å². The number of pyridine rings is 2. The van der Waals surface area contributed by atoms with Crippen molar-refractivity contribution in [1.29, 1.82) is 0 Å². The lowest BCUT2D eigenvalue weighted by atomic mass is 10.1. The molecule has 4 rings (SSSR count). The summed E-state index contributed by atoms with van der Waals surface area (Å²) < 4.78 is 1.77. The highest BCUT2D eigenvalue weighted by Crippen LogP contribution is 2.22. The number of nitrogens with zero attached hydrogens (tertiary/aromatic N) is 5. The molecule has 0 fully saturated rings. The molecular formula is C15H13N7. The van der Waals surface area contributed by atoms with Crippen molar-refractivity contribution in [1.82, 2.24) is 29.7 Å². The zero-order valence-electron chi connectivity index (χ0n) is 11.9. The molecule has 0 spiro atoms. The van der Waals surface area contributed by atoms with Gasteiger partial charge in [0.2, 0.25) is 5.95 Å². The van der Waals surface area contributed by atoms with Crippen LogP contribution < -0.4 is 5.32 Å². The maximum Gasteiger partial charge on any atom is 0.205 e. The maximum atomic E-state index is 4.58. The molecule has 0 atom stereocenters. The van der Waals surface area contributed by atoms with Crippen LogP contribution in [0.5, 0.6) is 0 Å². The fourth-order valence-corrected chi connectivity index (χ4v) is 2.26. The van der Waals surface area contributed by atoms with Gasteiger partial charge in [0.1, 0.15) is 5.82 Å². The molecule has 0 amide bonds. The Kier molecular flexibility index (Phi) is 2.82. The molecule has 0 aliphatic heterocycles. The number of hydrogen-bond acceptors (Lipinski definition) is 5. The molecule has 4 heterocycles. The van der Waals surface area contributed by atoms with Crippen LogP contribution in [0.2, 0.25) is 0 Å². The van der Waals surface area contributed by atoms with Crippen molar-refractivity contribution in [2.45, 2.75) is 0 Å². The molecule has 7 heteroatoms. The Bertz CT molecular complexity index is 924. The molecule has 0 aromatic carbocycles. The van der Waals surface area contributed by atoms with E-state index in [1.54, 1.807) is 17.1 Å². The van der Waals surface area contributed by atoms with Gasteiger partial charge in [-0.1, -0.05) is 0 Å². The van der Waals surface area contributed by atoms with Crippen LogP contribution in [0.1, 0.15) is 0 Å². The average Bonchev–Trinajstić information content (AvgIpc) is 3.18. The van der Waals surface area contributed by atoms with Crippen LogP contribution in [0.3, 0.4) is 0 Å². The normalized spacial score (nSPS) is 11.0. The third-order valence-electron chi connectivity index (χ3n) is 3.32. The second-order valence-electron chi connectivity index (χ2n) is 4.92. The van der Waals surface area contributed by atoms with Crippen molar-refractivity contribution in [3.8, 4) is 11.1 Å². The summed E-state index contributed by atoms with van der Waals surface area (Å²) in [5.41, 5.74) is 3.67. The highest BCUT2D eigenvalue weighted by Gasteiger charge is 2.05. The number of rotatable bonds is 3. The predicted molar refractivity (Wildman–Crippen MR) is 83.6 cm³/mol. The first kappa shape index (κ1) is 12.5. The van der Waals surface area contributed by atoms with E-state index < -0.39 is 0 Å². The first-order valence-electron chi connectivity index (χ1n) is 6.80. The largest absolute Gasteiger partial charge is 0.331 e. The molecule has 0 bridgehead atoms. The first-order chi connectivity index (χ1) is 10.8. The van der Waals surface area contributed by atoms with Crippen LogP contribution in [0.4, 0.5) is 11.8 Å². The molecule has 2 N–H and O–H groups in total. The Hall–Kier alpha value is -3.22. The summed E-state index contributed by atoms with van der Waals surface area (Å²) in [6, 6.07) is 5.81. The van der Waals surface area contributed by atoms with E-state index in [0.29, 0.717) is 11.8 Å². The summed E-state index contributed by atoms with van der Waals surface area (Å²) in [6.45, 7) is 0. The molecule has 4 aromatic heterocycles. The van der Waals surface area contributed by atoms with Gasteiger partial charge in [-0.05, 0) is 18.2 Å². The molecule has 0 saturated carbocycles. The van der Waals surface area contributed by atoms with Crippen molar-refractivity contribution in [2.75, 3.05) is 5.32 Å². The van der Waals surface area contributed by atoms with Crippen molar-refractivity contribution >= 4 is 22.8 Å². The minimum Gasteiger partial charge on any atom is -0.331 e. The van der Waals surface area contributed by atoms with Crippen LogP contribution in [0, 0.1) is 0 Å². The standard InChI is InChI=1S/C15H13N7/c1-22-9-11(8-19-22)10-6-13-12(18-7-10)2-3-14(20-13)21-15-16-4-5-17-15/h2-9H,1H3,(H2,16,17,20,21). The second kappa shape index (κ2) is 4.96. The molecule has 0 saturated heterocycles. The number of aryl methyl sites for hydroxylation is 1. The average molecular weight is 291 g/mol. The third kappa shape index (κ3) is 2.28. The summed E-state index contributed by atoms with van der Waals surface area (Å²) >= 11 is 0. The molecule has 22 heavy (non-hydrogen) atoms. The second-order valence-corrected chi connectivity index (χ2v) is 4.92. The predicted octanol–water partition coefficient (Wildman–Crippen LogP) is 2.50. The zero-order chi connectivity index (χ0) is 14.9. The topological polar surface area (TPSA) is 84.3 Å². The zero-order valence-corrected chi connectivity index (χ0v) is 11.9. The highest BCUT2D eigenvalue weighted by atomic mass is 15.2. The number of imidazole rings is 1. The summed E-state index contributed by atoms with van der Waals surface area (Å²) in [4.78, 5) is 16.1. The molecule has 0 aliphatic rings. The van der Waals surface area contributed by atoms with Gasteiger partial charge in [-0.15, -0.1) is 0 Å². The smallest absolute Gasteiger partial charge is 0.205 e. The molecule has 0 aliphatic carbocycles. The lowest BCUT2D eigenvalue weighted by Crippen LogP contribution is -1.96. The Morgan fingerprint density at radius 1 is 1.09 bits per heavy atom. The molecule has 0 radical (unpaired) electrons. The maximum absolute atomic E-state index is 4.58. The minimum atomic E-state index is 0.656. The van der Waals surface area contributed by atoms with Crippen LogP contribution >= 0.6 is 0 Å². The van der Waals surface area contributed by atoms with Crippen molar-refractivity contribution in [3.63, 3.8) is 0 Å². The first-order valence-corrected chi connectivity index (χ1v) is 6.80. The lowest BCUT2D eigenvalue weighted by Gasteiger charge is -2.05. The number of nitrogens with one attached hydrogen (secondary N) is 2. The fourth-order valence-electron chi connectivity index (χ4n) is 2.26. The van der Waals surface area contributed by atoms with Crippen LogP contribution in [0.25, 0.3) is 22.2 Å².